The summed E-state index contributed by atoms with van der Waals surface area (Å²) in [5.74, 6) is 0.808. The van der Waals surface area contributed by atoms with Gasteiger partial charge < -0.3 is 14.1 Å². The first kappa shape index (κ1) is 13.4. The van der Waals surface area contributed by atoms with E-state index in [2.05, 4.69) is 31.1 Å². The minimum Gasteiger partial charge on any atom is -0.339 e. The Hall–Kier alpha value is -1.54. The summed E-state index contributed by atoms with van der Waals surface area (Å²) >= 11 is 8.42. The fourth-order valence-corrected chi connectivity index (χ4v) is 2.67. The summed E-state index contributed by atoms with van der Waals surface area (Å²) in [7, 11) is 0. The molecule has 1 N–H and O–H groups in total. The minimum atomic E-state index is -0.325. The van der Waals surface area contributed by atoms with Gasteiger partial charge in [-0.25, -0.2) is 4.39 Å². The maximum atomic E-state index is 13.7. The van der Waals surface area contributed by atoms with Crippen molar-refractivity contribution >= 4 is 39.2 Å². The number of nitrogens with one attached hydrogen (secondary N) is 1. The average molecular weight is 357 g/mol. The molecule has 2 aromatic heterocycles. The van der Waals surface area contributed by atoms with Crippen molar-refractivity contribution in [2.24, 2.45) is 0 Å². The first-order chi connectivity index (χ1) is 9.54. The largest absolute Gasteiger partial charge is 0.339 e. The summed E-state index contributed by atoms with van der Waals surface area (Å²) in [4.78, 5) is 7.19. The van der Waals surface area contributed by atoms with Gasteiger partial charge in [-0.05, 0) is 41.1 Å². The van der Waals surface area contributed by atoms with Crippen LogP contribution in [0.25, 0.3) is 11.0 Å². The van der Waals surface area contributed by atoms with Gasteiger partial charge >= 0.3 is 0 Å². The second kappa shape index (κ2) is 5.10. The normalized spacial score (nSPS) is 11.3. The van der Waals surface area contributed by atoms with Gasteiger partial charge in [0.2, 0.25) is 5.89 Å². The maximum Gasteiger partial charge on any atom is 0.228 e. The molecule has 0 aliphatic rings. The van der Waals surface area contributed by atoms with E-state index in [0.29, 0.717) is 39.4 Å². The van der Waals surface area contributed by atoms with Gasteiger partial charge in [-0.2, -0.15) is 4.98 Å². The number of hydrogen-bond acceptors (Lipinski definition) is 4. The van der Waals surface area contributed by atoms with Gasteiger partial charge in [-0.15, -0.1) is 0 Å². The van der Waals surface area contributed by atoms with E-state index in [0.717, 1.165) is 5.52 Å². The number of halogens is 2. The molecule has 0 radical (unpaired) electrons. The molecule has 104 valence electrons. The van der Waals surface area contributed by atoms with Crippen molar-refractivity contribution in [1.82, 2.24) is 19.7 Å². The Morgan fingerprint density at radius 2 is 2.30 bits per heavy atom. The van der Waals surface area contributed by atoms with Crippen molar-refractivity contribution in [3.05, 3.63) is 38.9 Å². The van der Waals surface area contributed by atoms with Gasteiger partial charge in [0.25, 0.3) is 0 Å². The second-order valence-electron chi connectivity index (χ2n) is 4.35. The molecule has 1 aromatic carbocycles. The summed E-state index contributed by atoms with van der Waals surface area (Å²) in [5, 5.41) is 3.73. The standard InChI is InChI=1S/C12H10BrFN4OS/c1-6-15-11(19-17-6)2-3-18-10-5-8(14)7(13)4-9(10)16-12(18)20/h4-5H,2-3H2,1H3,(H,16,20). The Morgan fingerprint density at radius 3 is 3.00 bits per heavy atom. The quantitative estimate of drug-likeness (QED) is 0.729. The van der Waals surface area contributed by atoms with Gasteiger partial charge in [0.15, 0.2) is 10.6 Å². The van der Waals surface area contributed by atoms with Crippen molar-refractivity contribution in [3.63, 3.8) is 0 Å². The molecule has 0 saturated carbocycles. The predicted octanol–water partition coefficient (Wildman–Crippen LogP) is 3.53. The van der Waals surface area contributed by atoms with Crippen molar-refractivity contribution in [2.45, 2.75) is 19.9 Å². The Balaban J connectivity index is 1.96. The van der Waals surface area contributed by atoms with Gasteiger partial charge in [0.05, 0.1) is 15.5 Å². The third-order valence-electron chi connectivity index (χ3n) is 2.94. The van der Waals surface area contributed by atoms with E-state index >= 15 is 0 Å². The molecule has 0 unspecified atom stereocenters. The number of aromatic amines is 1. The van der Waals surface area contributed by atoms with Gasteiger partial charge in [-0.3, -0.25) is 0 Å². The van der Waals surface area contributed by atoms with E-state index in [1.54, 1.807) is 13.0 Å². The molecule has 0 aliphatic heterocycles. The first-order valence-electron chi connectivity index (χ1n) is 5.91. The van der Waals surface area contributed by atoms with Crippen LogP contribution in [-0.4, -0.2) is 19.7 Å². The van der Waals surface area contributed by atoms with E-state index in [4.69, 9.17) is 16.7 Å². The average Bonchev–Trinajstić information content (AvgIpc) is 2.92. The lowest BCUT2D eigenvalue weighted by atomic mass is 10.3. The lowest BCUT2D eigenvalue weighted by molar-refractivity contribution is 0.369. The van der Waals surface area contributed by atoms with E-state index < -0.39 is 0 Å². The van der Waals surface area contributed by atoms with Crippen LogP contribution in [0.4, 0.5) is 4.39 Å². The molecule has 0 atom stereocenters. The van der Waals surface area contributed by atoms with Crippen LogP contribution < -0.4 is 0 Å². The van der Waals surface area contributed by atoms with Crippen LogP contribution in [0, 0.1) is 17.5 Å². The molecule has 2 heterocycles. The predicted molar refractivity (Wildman–Crippen MR) is 77.5 cm³/mol. The van der Waals surface area contributed by atoms with E-state index in [1.165, 1.54) is 6.07 Å². The molecule has 3 aromatic rings. The van der Waals surface area contributed by atoms with Crippen molar-refractivity contribution in [1.29, 1.82) is 0 Å². The zero-order chi connectivity index (χ0) is 14.3. The number of benzene rings is 1. The molecular weight excluding hydrogens is 347 g/mol. The van der Waals surface area contributed by atoms with E-state index in [9.17, 15) is 4.39 Å². The van der Waals surface area contributed by atoms with Gasteiger partial charge in [0.1, 0.15) is 5.82 Å². The number of aryl methyl sites for hydroxylation is 3. The number of imidazole rings is 1. The maximum absolute atomic E-state index is 13.7. The van der Waals surface area contributed by atoms with Crippen molar-refractivity contribution < 1.29 is 8.91 Å². The molecule has 0 amide bonds. The summed E-state index contributed by atoms with van der Waals surface area (Å²) < 4.78 is 21.5. The molecule has 20 heavy (non-hydrogen) atoms. The SMILES string of the molecule is Cc1noc(CCn2c(=S)[nH]c3cc(Br)c(F)cc32)n1. The van der Waals surface area contributed by atoms with E-state index in [1.807, 2.05) is 4.57 Å². The highest BCUT2D eigenvalue weighted by Crippen LogP contribution is 2.23. The first-order valence-corrected chi connectivity index (χ1v) is 7.11. The fraction of sp³-hybridized carbons (Fsp3) is 0.250. The number of rotatable bonds is 3. The molecule has 0 aliphatic carbocycles. The fourth-order valence-electron chi connectivity index (χ4n) is 2.02. The van der Waals surface area contributed by atoms with Gasteiger partial charge in [0, 0.05) is 19.0 Å². The minimum absolute atomic E-state index is 0.325. The van der Waals surface area contributed by atoms with Gasteiger partial charge in [-0.1, -0.05) is 5.16 Å². The molecule has 5 nitrogen and oxygen atoms in total. The zero-order valence-corrected chi connectivity index (χ0v) is 12.9. The smallest absolute Gasteiger partial charge is 0.228 e. The number of hydrogen-bond donors (Lipinski definition) is 1. The highest BCUT2D eigenvalue weighted by molar-refractivity contribution is 9.10. The molecule has 3 rings (SSSR count). The number of H-pyrrole nitrogens is 1. The summed E-state index contributed by atoms with van der Waals surface area (Å²) in [6.45, 7) is 2.30. The Morgan fingerprint density at radius 1 is 1.50 bits per heavy atom. The Bertz CT molecular complexity index is 838. The number of nitrogens with zero attached hydrogens (tertiary/aromatic N) is 3. The molecule has 0 spiro atoms. The second-order valence-corrected chi connectivity index (χ2v) is 5.59. The van der Waals surface area contributed by atoms with Crippen molar-refractivity contribution in [3.8, 4) is 0 Å². The molecule has 8 heteroatoms. The van der Waals surface area contributed by atoms with Crippen LogP contribution >= 0.6 is 28.1 Å². The monoisotopic (exact) mass is 356 g/mol. The van der Waals surface area contributed by atoms with Crippen LogP contribution in [0.5, 0.6) is 0 Å². The number of fused-ring (bicyclic) bond motifs is 1. The zero-order valence-electron chi connectivity index (χ0n) is 10.5. The van der Waals surface area contributed by atoms with Crippen molar-refractivity contribution in [2.75, 3.05) is 0 Å². The van der Waals surface area contributed by atoms with Crippen LogP contribution in [0.15, 0.2) is 21.1 Å². The van der Waals surface area contributed by atoms with Crippen LogP contribution in [-0.2, 0) is 13.0 Å². The molecular formula is C12H10BrFN4OS. The summed E-state index contributed by atoms with van der Waals surface area (Å²) in [5.41, 5.74) is 1.50. The highest BCUT2D eigenvalue weighted by atomic mass is 79.9. The van der Waals surface area contributed by atoms with Crippen LogP contribution in [0.1, 0.15) is 11.7 Å². The summed E-state index contributed by atoms with van der Waals surface area (Å²) in [6.07, 6.45) is 0.541. The lowest BCUT2D eigenvalue weighted by Crippen LogP contribution is -2.02. The summed E-state index contributed by atoms with van der Waals surface area (Å²) in [6, 6.07) is 3.12. The van der Waals surface area contributed by atoms with E-state index in [-0.39, 0.29) is 5.82 Å². The molecule has 0 bridgehead atoms. The highest BCUT2D eigenvalue weighted by Gasteiger charge is 2.10. The molecule has 0 fully saturated rings. The Kier molecular flexibility index (Phi) is 3.43. The van der Waals surface area contributed by atoms with Crippen LogP contribution in [0.2, 0.25) is 0 Å². The molecule has 0 saturated heterocycles. The topological polar surface area (TPSA) is 59.6 Å². The van der Waals surface area contributed by atoms with Crippen LogP contribution in [0.3, 0.4) is 0 Å². The third kappa shape index (κ3) is 2.40. The number of aromatic nitrogens is 4. The Labute approximate surface area is 126 Å². The third-order valence-corrected chi connectivity index (χ3v) is 3.87. The lowest BCUT2D eigenvalue weighted by Gasteiger charge is -2.02.